The summed E-state index contributed by atoms with van der Waals surface area (Å²) < 4.78 is 34.7. The highest BCUT2D eigenvalue weighted by Gasteiger charge is 2.26. The molecule has 1 saturated carbocycles. The number of fused-ring (bicyclic) bond motifs is 1. The van der Waals surface area contributed by atoms with Crippen LogP contribution in [-0.4, -0.2) is 39.0 Å². The lowest BCUT2D eigenvalue weighted by Gasteiger charge is -2.16. The number of hydrogen-bond donors (Lipinski definition) is 0. The number of aromatic nitrogens is 4. The van der Waals surface area contributed by atoms with Crippen LogP contribution in [0.15, 0.2) is 37.2 Å². The van der Waals surface area contributed by atoms with E-state index in [1.54, 1.807) is 0 Å². The van der Waals surface area contributed by atoms with Crippen LogP contribution in [-0.2, 0) is 30.7 Å². The average Bonchev–Trinajstić information content (AvgIpc) is 3.42. The van der Waals surface area contributed by atoms with E-state index in [2.05, 4.69) is 10.1 Å². The molecule has 0 aliphatic heterocycles. The van der Waals surface area contributed by atoms with Gasteiger partial charge < -0.3 is 4.52 Å². The molecular weight excluding hydrogens is 410 g/mol. The van der Waals surface area contributed by atoms with Crippen molar-refractivity contribution in [1.82, 2.24) is 23.6 Å². The molecule has 0 saturated heterocycles. The van der Waals surface area contributed by atoms with Crippen LogP contribution in [0.1, 0.15) is 43.3 Å². The monoisotopic (exact) mass is 433 g/mol. The van der Waals surface area contributed by atoms with Gasteiger partial charge in [0.2, 0.25) is 15.9 Å². The molecule has 0 N–H and O–H groups in total. The summed E-state index contributed by atoms with van der Waals surface area (Å²) in [5, 5.41) is 4.15. The summed E-state index contributed by atoms with van der Waals surface area (Å²) in [6.45, 7) is -0.0780. The Morgan fingerprint density at radius 1 is 1.17 bits per heavy atom. The molecule has 1 aliphatic rings. The topological polar surface area (TPSA) is 120 Å². The third-order valence-electron chi connectivity index (χ3n) is 5.71. The molecule has 4 rings (SSSR count). The van der Waals surface area contributed by atoms with E-state index < -0.39 is 21.3 Å². The lowest BCUT2D eigenvalue weighted by molar-refractivity contribution is 0.332. The molecule has 1 fully saturated rings. The normalized spacial score (nSPS) is 15.5. The Balaban J connectivity index is 1.65. The fraction of sp³-hybridized carbons (Fsp3) is 0.474. The van der Waals surface area contributed by atoms with E-state index in [1.165, 1.54) is 43.9 Å². The zero-order valence-electron chi connectivity index (χ0n) is 17.0. The average molecular weight is 433 g/mol. The van der Waals surface area contributed by atoms with Crippen LogP contribution >= 0.6 is 0 Å². The van der Waals surface area contributed by atoms with Gasteiger partial charge in [-0.05, 0) is 31.0 Å². The molecule has 0 bridgehead atoms. The van der Waals surface area contributed by atoms with E-state index >= 15 is 0 Å². The fourth-order valence-electron chi connectivity index (χ4n) is 3.87. The van der Waals surface area contributed by atoms with Crippen molar-refractivity contribution in [3.05, 3.63) is 50.8 Å². The van der Waals surface area contributed by atoms with Crippen LogP contribution in [0, 0.1) is 0 Å². The number of benzene rings is 1. The summed E-state index contributed by atoms with van der Waals surface area (Å²) in [6.07, 6.45) is 4.30. The Hall–Kier alpha value is -2.79. The molecule has 0 radical (unpaired) electrons. The number of sulfonamides is 1. The molecule has 10 nitrogen and oxygen atoms in total. The third kappa shape index (κ3) is 3.37. The second-order valence-electron chi connectivity index (χ2n) is 7.67. The number of nitrogens with zero attached hydrogens (tertiary/aromatic N) is 5. The third-order valence-corrected chi connectivity index (χ3v) is 7.51. The van der Waals surface area contributed by atoms with Crippen molar-refractivity contribution in [3.63, 3.8) is 0 Å². The predicted octanol–water partition coefficient (Wildman–Crippen LogP) is 1.10. The lowest BCUT2D eigenvalue weighted by Crippen LogP contribution is -2.37. The molecule has 1 aliphatic carbocycles. The maximum atomic E-state index is 13.1. The Labute approximate surface area is 172 Å². The van der Waals surface area contributed by atoms with Crippen molar-refractivity contribution in [2.24, 2.45) is 14.1 Å². The summed E-state index contributed by atoms with van der Waals surface area (Å²) in [5.74, 6) is 1.12. The Bertz CT molecular complexity index is 1330. The van der Waals surface area contributed by atoms with Gasteiger partial charge in [-0.1, -0.05) is 18.0 Å². The molecule has 160 valence electrons. The summed E-state index contributed by atoms with van der Waals surface area (Å²) in [7, 11) is 0.379. The first-order valence-electron chi connectivity index (χ1n) is 9.68. The molecule has 2 heterocycles. The molecule has 1 aromatic carbocycles. The number of hydrogen-bond acceptors (Lipinski definition) is 7. The van der Waals surface area contributed by atoms with Gasteiger partial charge in [-0.3, -0.25) is 13.9 Å². The zero-order valence-corrected chi connectivity index (χ0v) is 17.8. The maximum absolute atomic E-state index is 13.1. The Kier molecular flexibility index (Phi) is 5.10. The molecule has 11 heteroatoms. The Morgan fingerprint density at radius 3 is 2.57 bits per heavy atom. The SMILES string of the molecule is CN(Cc1nc(C2CCCC2)no1)S(=O)(=O)c1ccc2c(c1)c(=O)n(C)c(=O)n2C. The first-order valence-corrected chi connectivity index (χ1v) is 11.1. The van der Waals surface area contributed by atoms with Crippen molar-refractivity contribution in [3.8, 4) is 0 Å². The fourth-order valence-corrected chi connectivity index (χ4v) is 5.02. The molecule has 0 unspecified atom stereocenters. The molecule has 0 atom stereocenters. The van der Waals surface area contributed by atoms with Gasteiger partial charge in [-0.25, -0.2) is 13.2 Å². The van der Waals surface area contributed by atoms with Crippen LogP contribution in [0.2, 0.25) is 0 Å². The van der Waals surface area contributed by atoms with Crippen LogP contribution in [0.25, 0.3) is 10.9 Å². The van der Waals surface area contributed by atoms with E-state index in [1.807, 2.05) is 0 Å². The molecular formula is C19H23N5O5S. The van der Waals surface area contributed by atoms with Gasteiger partial charge in [0, 0.05) is 27.1 Å². The smallest absolute Gasteiger partial charge is 0.330 e. The predicted molar refractivity (Wildman–Crippen MR) is 109 cm³/mol. The molecule has 0 amide bonds. The van der Waals surface area contributed by atoms with Gasteiger partial charge in [-0.15, -0.1) is 0 Å². The summed E-state index contributed by atoms with van der Waals surface area (Å²) in [4.78, 5) is 28.9. The van der Waals surface area contributed by atoms with E-state index in [4.69, 9.17) is 4.52 Å². The molecule has 30 heavy (non-hydrogen) atoms. The van der Waals surface area contributed by atoms with Crippen molar-refractivity contribution < 1.29 is 12.9 Å². The van der Waals surface area contributed by atoms with Crippen LogP contribution in [0.5, 0.6) is 0 Å². The molecule has 2 aromatic heterocycles. The van der Waals surface area contributed by atoms with Crippen molar-refractivity contribution >= 4 is 20.9 Å². The number of aryl methyl sites for hydroxylation is 1. The standard InChI is InChI=1S/C19H23N5O5S/c1-22(11-16-20-17(21-29-16)12-6-4-5-7-12)30(27,28)13-8-9-15-14(10-13)18(25)24(3)19(26)23(15)2/h8-10,12H,4-7,11H2,1-3H3. The number of rotatable bonds is 5. The van der Waals surface area contributed by atoms with Crippen LogP contribution < -0.4 is 11.2 Å². The van der Waals surface area contributed by atoms with Crippen molar-refractivity contribution in [2.75, 3.05) is 7.05 Å². The Morgan fingerprint density at radius 2 is 1.87 bits per heavy atom. The van der Waals surface area contributed by atoms with Crippen LogP contribution in [0.4, 0.5) is 0 Å². The minimum Gasteiger partial charge on any atom is -0.338 e. The van der Waals surface area contributed by atoms with Gasteiger partial charge in [0.25, 0.3) is 5.56 Å². The summed E-state index contributed by atoms with van der Waals surface area (Å²) in [6, 6.07) is 4.13. The summed E-state index contributed by atoms with van der Waals surface area (Å²) in [5.41, 5.74) is -0.664. The highest BCUT2D eigenvalue weighted by atomic mass is 32.2. The van der Waals surface area contributed by atoms with E-state index in [9.17, 15) is 18.0 Å². The van der Waals surface area contributed by atoms with Crippen molar-refractivity contribution in [2.45, 2.75) is 43.0 Å². The maximum Gasteiger partial charge on any atom is 0.330 e. The van der Waals surface area contributed by atoms with Gasteiger partial charge in [0.1, 0.15) is 0 Å². The second kappa shape index (κ2) is 7.47. The quantitative estimate of drug-likeness (QED) is 0.591. The highest BCUT2D eigenvalue weighted by Crippen LogP contribution is 2.32. The zero-order chi connectivity index (χ0) is 21.6. The van der Waals surface area contributed by atoms with Gasteiger partial charge >= 0.3 is 5.69 Å². The minimum absolute atomic E-state index is 0.0521. The van der Waals surface area contributed by atoms with Crippen LogP contribution in [0.3, 0.4) is 0 Å². The highest BCUT2D eigenvalue weighted by molar-refractivity contribution is 7.89. The van der Waals surface area contributed by atoms with Gasteiger partial charge in [0.15, 0.2) is 5.82 Å². The molecule has 0 spiro atoms. The van der Waals surface area contributed by atoms with Gasteiger partial charge in [0.05, 0.1) is 22.3 Å². The first kappa shape index (κ1) is 20.5. The van der Waals surface area contributed by atoms with E-state index in [0.29, 0.717) is 11.3 Å². The lowest BCUT2D eigenvalue weighted by atomic mass is 10.1. The second-order valence-corrected chi connectivity index (χ2v) is 9.72. The minimum atomic E-state index is -3.92. The van der Waals surface area contributed by atoms with Gasteiger partial charge in [-0.2, -0.15) is 9.29 Å². The van der Waals surface area contributed by atoms with Crippen molar-refractivity contribution in [1.29, 1.82) is 0 Å². The van der Waals surface area contributed by atoms with E-state index in [0.717, 1.165) is 34.6 Å². The first-order chi connectivity index (χ1) is 14.2. The van der Waals surface area contributed by atoms with E-state index in [-0.39, 0.29) is 28.6 Å². The largest absolute Gasteiger partial charge is 0.338 e. The molecule has 3 aromatic rings. The summed E-state index contributed by atoms with van der Waals surface area (Å²) >= 11 is 0.